The van der Waals surface area contributed by atoms with Gasteiger partial charge in [0, 0.05) is 42.3 Å². The Balaban J connectivity index is 0.00000220. The molecule has 1 heterocycles. The number of rotatable bonds is 3. The molecule has 0 bridgehead atoms. The van der Waals surface area contributed by atoms with E-state index >= 15 is 0 Å². The maximum Gasteiger partial charge on any atom is 0.390 e. The van der Waals surface area contributed by atoms with Crippen molar-refractivity contribution in [2.45, 2.75) is 18.6 Å². The van der Waals surface area contributed by atoms with Crippen molar-refractivity contribution in [1.82, 2.24) is 10.2 Å². The van der Waals surface area contributed by atoms with E-state index < -0.39 is 18.6 Å². The molecule has 0 amide bonds. The summed E-state index contributed by atoms with van der Waals surface area (Å²) in [6.45, 7) is 2.50. The monoisotopic (exact) mass is 398 g/mol. The van der Waals surface area contributed by atoms with Crippen LogP contribution in [0.5, 0.6) is 0 Å². The SMILES string of the molecule is Cl.Cl.FC(F)(F)C[C@H](c1ccc(Cl)cc1Cl)N1CCNCC1. The summed E-state index contributed by atoms with van der Waals surface area (Å²) in [6, 6.07) is 3.89. The standard InChI is InChI=1S/C13H15Cl2F3N2.2ClH/c14-9-1-2-10(11(15)7-9)12(8-13(16,17)18)20-5-3-19-4-6-20;;/h1-2,7,12,19H,3-6,8H2;2*1H/t12-;;/m1../s1. The Bertz CT molecular complexity index is 465. The quantitative estimate of drug-likeness (QED) is 0.789. The van der Waals surface area contributed by atoms with Crippen LogP contribution in [0.1, 0.15) is 18.0 Å². The maximum atomic E-state index is 12.8. The smallest absolute Gasteiger partial charge is 0.314 e. The van der Waals surface area contributed by atoms with E-state index in [4.69, 9.17) is 23.2 Å². The summed E-state index contributed by atoms with van der Waals surface area (Å²) < 4.78 is 38.5. The number of benzene rings is 1. The van der Waals surface area contributed by atoms with Gasteiger partial charge in [0.15, 0.2) is 0 Å². The number of nitrogens with zero attached hydrogens (tertiary/aromatic N) is 1. The Kier molecular flexibility index (Phi) is 9.44. The van der Waals surface area contributed by atoms with Gasteiger partial charge in [0.05, 0.1) is 6.42 Å². The van der Waals surface area contributed by atoms with Gasteiger partial charge in [-0.25, -0.2) is 0 Å². The molecular weight excluding hydrogens is 383 g/mol. The molecule has 1 aromatic carbocycles. The van der Waals surface area contributed by atoms with E-state index in [9.17, 15) is 13.2 Å². The zero-order valence-corrected chi connectivity index (χ0v) is 14.6. The molecule has 2 nitrogen and oxygen atoms in total. The molecule has 1 aromatic rings. The van der Waals surface area contributed by atoms with E-state index in [1.807, 2.05) is 4.90 Å². The van der Waals surface area contributed by atoms with Gasteiger partial charge in [-0.2, -0.15) is 13.2 Å². The summed E-state index contributed by atoms with van der Waals surface area (Å²) in [6.07, 6.45) is -5.15. The van der Waals surface area contributed by atoms with Crippen molar-refractivity contribution in [2.75, 3.05) is 26.2 Å². The Labute approximate surface area is 150 Å². The van der Waals surface area contributed by atoms with Crippen molar-refractivity contribution in [3.05, 3.63) is 33.8 Å². The van der Waals surface area contributed by atoms with E-state index in [1.54, 1.807) is 12.1 Å². The molecule has 1 fully saturated rings. The molecule has 0 unspecified atom stereocenters. The highest BCUT2D eigenvalue weighted by Crippen LogP contribution is 2.37. The van der Waals surface area contributed by atoms with Crippen molar-refractivity contribution in [3.63, 3.8) is 0 Å². The van der Waals surface area contributed by atoms with Crippen molar-refractivity contribution in [3.8, 4) is 0 Å². The lowest BCUT2D eigenvalue weighted by atomic mass is 10.0. The number of nitrogens with one attached hydrogen (secondary N) is 1. The summed E-state index contributed by atoms with van der Waals surface area (Å²) >= 11 is 11.9. The van der Waals surface area contributed by atoms with Gasteiger partial charge in [0.25, 0.3) is 0 Å². The van der Waals surface area contributed by atoms with Gasteiger partial charge in [-0.3, -0.25) is 4.90 Å². The number of alkyl halides is 3. The minimum absolute atomic E-state index is 0. The minimum Gasteiger partial charge on any atom is -0.314 e. The molecule has 9 heteroatoms. The van der Waals surface area contributed by atoms with Crippen LogP contribution in [-0.4, -0.2) is 37.3 Å². The molecule has 1 N–H and O–H groups in total. The molecule has 1 aliphatic rings. The van der Waals surface area contributed by atoms with Crippen LogP contribution in [-0.2, 0) is 0 Å². The van der Waals surface area contributed by atoms with Crippen molar-refractivity contribution < 1.29 is 13.2 Å². The van der Waals surface area contributed by atoms with Crippen LogP contribution >= 0.6 is 48.0 Å². The zero-order valence-electron chi connectivity index (χ0n) is 11.5. The van der Waals surface area contributed by atoms with Crippen LogP contribution in [0.15, 0.2) is 18.2 Å². The van der Waals surface area contributed by atoms with Crippen LogP contribution in [0.2, 0.25) is 10.0 Å². The third-order valence-corrected chi connectivity index (χ3v) is 3.90. The molecule has 0 aliphatic carbocycles. The topological polar surface area (TPSA) is 15.3 Å². The molecule has 0 aromatic heterocycles. The highest BCUT2D eigenvalue weighted by atomic mass is 35.5. The highest BCUT2D eigenvalue weighted by molar-refractivity contribution is 6.35. The van der Waals surface area contributed by atoms with Gasteiger partial charge in [-0.05, 0) is 17.7 Å². The molecule has 1 aliphatic heterocycles. The molecule has 1 saturated heterocycles. The lowest BCUT2D eigenvalue weighted by Crippen LogP contribution is -2.46. The molecule has 0 radical (unpaired) electrons. The average Bonchev–Trinajstić information content (AvgIpc) is 2.36. The third kappa shape index (κ3) is 6.30. The Morgan fingerprint density at radius 1 is 1.14 bits per heavy atom. The van der Waals surface area contributed by atoms with Crippen molar-refractivity contribution in [1.29, 1.82) is 0 Å². The second-order valence-corrected chi connectivity index (χ2v) is 5.63. The molecule has 2 rings (SSSR count). The Morgan fingerprint density at radius 3 is 2.23 bits per heavy atom. The Morgan fingerprint density at radius 2 is 1.73 bits per heavy atom. The lowest BCUT2D eigenvalue weighted by Gasteiger charge is -2.36. The van der Waals surface area contributed by atoms with Gasteiger partial charge in [0.2, 0.25) is 0 Å². The summed E-state index contributed by atoms with van der Waals surface area (Å²) in [5, 5.41) is 3.83. The fourth-order valence-electron chi connectivity index (χ4n) is 2.42. The first-order chi connectivity index (χ1) is 9.37. The van der Waals surface area contributed by atoms with Crippen molar-refractivity contribution >= 4 is 48.0 Å². The summed E-state index contributed by atoms with van der Waals surface area (Å²) in [5.41, 5.74) is 0.482. The number of hydrogen-bond acceptors (Lipinski definition) is 2. The fourth-order valence-corrected chi connectivity index (χ4v) is 2.95. The fraction of sp³-hybridized carbons (Fsp3) is 0.538. The second-order valence-electron chi connectivity index (χ2n) is 4.79. The average molecular weight is 400 g/mol. The largest absolute Gasteiger partial charge is 0.390 e. The second kappa shape index (κ2) is 9.40. The third-order valence-electron chi connectivity index (χ3n) is 3.34. The minimum atomic E-state index is -4.24. The van der Waals surface area contributed by atoms with Crippen LogP contribution in [0.3, 0.4) is 0 Å². The van der Waals surface area contributed by atoms with Crippen molar-refractivity contribution in [2.24, 2.45) is 0 Å². The number of hydrogen-bond donors (Lipinski definition) is 1. The summed E-state index contributed by atoms with van der Waals surface area (Å²) in [7, 11) is 0. The highest BCUT2D eigenvalue weighted by Gasteiger charge is 2.36. The molecular formula is C13H17Cl4F3N2. The number of halogens is 7. The lowest BCUT2D eigenvalue weighted by molar-refractivity contribution is -0.148. The Hall–Kier alpha value is 0.0900. The predicted octanol–water partition coefficient (Wildman–Crippen LogP) is 4.74. The van der Waals surface area contributed by atoms with E-state index in [1.165, 1.54) is 6.07 Å². The van der Waals surface area contributed by atoms with Gasteiger partial charge >= 0.3 is 6.18 Å². The van der Waals surface area contributed by atoms with Crippen LogP contribution in [0, 0.1) is 0 Å². The molecule has 0 spiro atoms. The number of piperazine rings is 1. The van der Waals surface area contributed by atoms with Crippen LogP contribution < -0.4 is 5.32 Å². The van der Waals surface area contributed by atoms with E-state index in [2.05, 4.69) is 5.32 Å². The first-order valence-corrected chi connectivity index (χ1v) is 7.09. The van der Waals surface area contributed by atoms with E-state index in [0.29, 0.717) is 36.8 Å². The van der Waals surface area contributed by atoms with Gasteiger partial charge in [0.1, 0.15) is 0 Å². The normalized spacial score (nSPS) is 17.3. The summed E-state index contributed by atoms with van der Waals surface area (Å²) in [5.74, 6) is 0. The predicted molar refractivity (Wildman–Crippen MR) is 88.8 cm³/mol. The van der Waals surface area contributed by atoms with E-state index in [0.717, 1.165) is 0 Å². The first-order valence-electron chi connectivity index (χ1n) is 6.33. The zero-order chi connectivity index (χ0) is 14.8. The van der Waals surface area contributed by atoms with Gasteiger partial charge < -0.3 is 5.32 Å². The maximum absolute atomic E-state index is 12.8. The van der Waals surface area contributed by atoms with Gasteiger partial charge in [-0.15, -0.1) is 24.8 Å². The molecule has 0 saturated carbocycles. The first kappa shape index (κ1) is 22.1. The van der Waals surface area contributed by atoms with E-state index in [-0.39, 0.29) is 29.8 Å². The molecule has 128 valence electrons. The van der Waals surface area contributed by atoms with Gasteiger partial charge in [-0.1, -0.05) is 29.3 Å². The summed E-state index contributed by atoms with van der Waals surface area (Å²) in [4.78, 5) is 1.82. The molecule has 1 atom stereocenters. The van der Waals surface area contributed by atoms with Crippen LogP contribution in [0.4, 0.5) is 13.2 Å². The van der Waals surface area contributed by atoms with Crippen LogP contribution in [0.25, 0.3) is 0 Å². The molecule has 22 heavy (non-hydrogen) atoms.